The van der Waals surface area contributed by atoms with Gasteiger partial charge in [0.2, 0.25) is 5.91 Å². The van der Waals surface area contributed by atoms with Crippen molar-refractivity contribution in [1.82, 2.24) is 15.5 Å². The Kier molecular flexibility index (Phi) is 4.08. The zero-order valence-corrected chi connectivity index (χ0v) is 12.0. The number of amides is 1. The smallest absolute Gasteiger partial charge is 0.234 e. The zero-order valence-electron chi connectivity index (χ0n) is 12.0. The summed E-state index contributed by atoms with van der Waals surface area (Å²) in [6, 6.07) is 2.44. The highest BCUT2D eigenvalue weighted by Crippen LogP contribution is 2.29. The first-order chi connectivity index (χ1) is 9.20. The van der Waals surface area contributed by atoms with Crippen LogP contribution in [0.3, 0.4) is 0 Å². The van der Waals surface area contributed by atoms with Gasteiger partial charge in [-0.15, -0.1) is 0 Å². The van der Waals surface area contributed by atoms with Crippen molar-refractivity contribution in [1.29, 1.82) is 0 Å². The summed E-state index contributed by atoms with van der Waals surface area (Å²) in [5, 5.41) is 6.85. The van der Waals surface area contributed by atoms with Crippen LogP contribution in [0.15, 0.2) is 0 Å². The molecule has 2 saturated heterocycles. The second-order valence-electron chi connectivity index (χ2n) is 6.73. The van der Waals surface area contributed by atoms with Gasteiger partial charge in [-0.1, -0.05) is 12.8 Å². The first-order valence-corrected chi connectivity index (χ1v) is 7.96. The van der Waals surface area contributed by atoms with E-state index in [0.29, 0.717) is 30.7 Å². The summed E-state index contributed by atoms with van der Waals surface area (Å²) in [6.07, 6.45) is 9.97. The van der Waals surface area contributed by atoms with E-state index in [1.165, 1.54) is 51.4 Å². The predicted molar refractivity (Wildman–Crippen MR) is 76.0 cm³/mol. The van der Waals surface area contributed by atoms with Gasteiger partial charge in [0.15, 0.2) is 0 Å². The number of nitrogens with zero attached hydrogens (tertiary/aromatic N) is 1. The van der Waals surface area contributed by atoms with Crippen LogP contribution in [-0.2, 0) is 4.79 Å². The number of hydrogen-bond donors (Lipinski definition) is 2. The van der Waals surface area contributed by atoms with Gasteiger partial charge < -0.3 is 10.6 Å². The summed E-state index contributed by atoms with van der Waals surface area (Å²) in [5.41, 5.74) is 0. The highest BCUT2D eigenvalue weighted by atomic mass is 16.2. The molecular weight excluding hydrogens is 238 g/mol. The lowest BCUT2D eigenvalue weighted by atomic mass is 9.98. The predicted octanol–water partition coefficient (Wildman–Crippen LogP) is 1.26. The van der Waals surface area contributed by atoms with Crippen LogP contribution in [0.5, 0.6) is 0 Å². The maximum absolute atomic E-state index is 12.1. The Morgan fingerprint density at radius 1 is 1.16 bits per heavy atom. The van der Waals surface area contributed by atoms with E-state index >= 15 is 0 Å². The highest BCUT2D eigenvalue weighted by molar-refractivity contribution is 5.78. The Labute approximate surface area is 116 Å². The maximum Gasteiger partial charge on any atom is 0.234 e. The van der Waals surface area contributed by atoms with Crippen molar-refractivity contribution in [3.8, 4) is 0 Å². The molecule has 19 heavy (non-hydrogen) atoms. The van der Waals surface area contributed by atoms with Crippen molar-refractivity contribution in [3.63, 3.8) is 0 Å². The molecule has 108 valence electrons. The van der Waals surface area contributed by atoms with E-state index in [-0.39, 0.29) is 5.91 Å². The van der Waals surface area contributed by atoms with Gasteiger partial charge in [0.05, 0.1) is 6.54 Å². The lowest BCUT2D eigenvalue weighted by Gasteiger charge is -2.35. The van der Waals surface area contributed by atoms with Gasteiger partial charge in [-0.05, 0) is 45.6 Å². The Bertz CT molecular complexity index is 315. The number of carbonyl (C=O) groups is 1. The first-order valence-electron chi connectivity index (χ1n) is 7.96. The Morgan fingerprint density at radius 2 is 1.79 bits per heavy atom. The van der Waals surface area contributed by atoms with Gasteiger partial charge in [0.1, 0.15) is 0 Å². The third-order valence-electron chi connectivity index (χ3n) is 5.18. The summed E-state index contributed by atoms with van der Waals surface area (Å²) in [5.74, 6) is 0.222. The van der Waals surface area contributed by atoms with Gasteiger partial charge in [-0.25, -0.2) is 0 Å². The van der Waals surface area contributed by atoms with Crippen LogP contribution in [0.1, 0.15) is 51.4 Å². The average molecular weight is 265 g/mol. The monoisotopic (exact) mass is 265 g/mol. The number of rotatable bonds is 4. The van der Waals surface area contributed by atoms with Gasteiger partial charge in [-0.2, -0.15) is 0 Å². The van der Waals surface area contributed by atoms with E-state index in [9.17, 15) is 4.79 Å². The SMILES string of the molecule is CN(CC(=O)NC1CCCC1)C1CC2CCC(C1)N2. The maximum atomic E-state index is 12.1. The fraction of sp³-hybridized carbons (Fsp3) is 0.933. The molecule has 2 unspecified atom stereocenters. The molecule has 0 aromatic heterocycles. The Morgan fingerprint density at radius 3 is 2.42 bits per heavy atom. The van der Waals surface area contributed by atoms with Crippen molar-refractivity contribution in [2.24, 2.45) is 0 Å². The minimum absolute atomic E-state index is 0.222. The number of nitrogens with one attached hydrogen (secondary N) is 2. The van der Waals surface area contributed by atoms with E-state index in [2.05, 4.69) is 22.6 Å². The van der Waals surface area contributed by atoms with Crippen molar-refractivity contribution in [3.05, 3.63) is 0 Å². The molecular formula is C15H27N3O. The normalized spacial score (nSPS) is 34.9. The molecule has 0 radical (unpaired) electrons. The Hall–Kier alpha value is -0.610. The number of fused-ring (bicyclic) bond motifs is 2. The molecule has 3 aliphatic rings. The highest BCUT2D eigenvalue weighted by Gasteiger charge is 2.35. The molecule has 4 nitrogen and oxygen atoms in total. The molecule has 0 aromatic rings. The molecule has 2 aliphatic heterocycles. The quantitative estimate of drug-likeness (QED) is 0.804. The molecule has 2 atom stereocenters. The standard InChI is InChI=1S/C15H27N3O/c1-18(10-15(19)17-11-4-2-3-5-11)14-8-12-6-7-13(9-14)16-12/h11-14,16H,2-10H2,1H3,(H,17,19). The van der Waals surface area contributed by atoms with Crippen molar-refractivity contribution < 1.29 is 4.79 Å². The van der Waals surface area contributed by atoms with E-state index < -0.39 is 0 Å². The fourth-order valence-corrected chi connectivity index (χ4v) is 4.09. The van der Waals surface area contributed by atoms with Crippen LogP contribution >= 0.6 is 0 Å². The summed E-state index contributed by atoms with van der Waals surface area (Å²) >= 11 is 0. The number of hydrogen-bond acceptors (Lipinski definition) is 3. The third-order valence-corrected chi connectivity index (χ3v) is 5.18. The molecule has 2 heterocycles. The lowest BCUT2D eigenvalue weighted by Crippen LogP contribution is -2.50. The van der Waals surface area contributed by atoms with Crippen molar-refractivity contribution >= 4 is 5.91 Å². The lowest BCUT2D eigenvalue weighted by molar-refractivity contribution is -0.123. The second-order valence-corrected chi connectivity index (χ2v) is 6.73. The minimum Gasteiger partial charge on any atom is -0.352 e. The molecule has 4 heteroatoms. The molecule has 0 spiro atoms. The topological polar surface area (TPSA) is 44.4 Å². The Balaban J connectivity index is 1.45. The fourth-order valence-electron chi connectivity index (χ4n) is 4.09. The second kappa shape index (κ2) is 5.80. The molecule has 1 saturated carbocycles. The summed E-state index contributed by atoms with van der Waals surface area (Å²) < 4.78 is 0. The molecule has 2 N–H and O–H groups in total. The van der Waals surface area contributed by atoms with Gasteiger partial charge in [0, 0.05) is 24.2 Å². The number of carbonyl (C=O) groups excluding carboxylic acids is 1. The van der Waals surface area contributed by atoms with E-state index in [1.54, 1.807) is 0 Å². The van der Waals surface area contributed by atoms with Crippen LogP contribution in [-0.4, -0.2) is 48.6 Å². The summed E-state index contributed by atoms with van der Waals surface area (Å²) in [7, 11) is 2.11. The molecule has 1 amide bonds. The van der Waals surface area contributed by atoms with Gasteiger partial charge in [0.25, 0.3) is 0 Å². The summed E-state index contributed by atoms with van der Waals surface area (Å²) in [4.78, 5) is 14.3. The van der Waals surface area contributed by atoms with Crippen LogP contribution in [0.25, 0.3) is 0 Å². The number of likely N-dealkylation sites (N-methyl/N-ethyl adjacent to an activating group) is 1. The summed E-state index contributed by atoms with van der Waals surface area (Å²) in [6.45, 7) is 0.570. The van der Waals surface area contributed by atoms with Crippen molar-refractivity contribution in [2.45, 2.75) is 75.5 Å². The minimum atomic E-state index is 0.222. The average Bonchev–Trinajstić information content (AvgIpc) is 2.99. The van der Waals surface area contributed by atoms with Gasteiger partial charge in [-0.3, -0.25) is 9.69 Å². The molecule has 1 aliphatic carbocycles. The van der Waals surface area contributed by atoms with E-state index in [1.807, 2.05) is 0 Å². The van der Waals surface area contributed by atoms with Crippen LogP contribution in [0.2, 0.25) is 0 Å². The zero-order chi connectivity index (χ0) is 13.2. The van der Waals surface area contributed by atoms with E-state index in [4.69, 9.17) is 0 Å². The van der Waals surface area contributed by atoms with Gasteiger partial charge >= 0.3 is 0 Å². The van der Waals surface area contributed by atoms with Crippen LogP contribution in [0.4, 0.5) is 0 Å². The van der Waals surface area contributed by atoms with Crippen molar-refractivity contribution in [2.75, 3.05) is 13.6 Å². The van der Waals surface area contributed by atoms with E-state index in [0.717, 1.165) is 0 Å². The molecule has 0 aromatic carbocycles. The molecule has 3 fully saturated rings. The first kappa shape index (κ1) is 13.4. The van der Waals surface area contributed by atoms with Crippen LogP contribution < -0.4 is 10.6 Å². The molecule has 2 bridgehead atoms. The van der Waals surface area contributed by atoms with Crippen LogP contribution in [0, 0.1) is 0 Å². The molecule has 3 rings (SSSR count). The third kappa shape index (κ3) is 3.29. The largest absolute Gasteiger partial charge is 0.352 e. The number of piperidine rings is 1.